The summed E-state index contributed by atoms with van der Waals surface area (Å²) in [5.41, 5.74) is 0.409. The second-order valence-corrected chi connectivity index (χ2v) is 12.0. The van der Waals surface area contributed by atoms with Crippen LogP contribution in [0.25, 0.3) is 0 Å². The zero-order valence-electron chi connectivity index (χ0n) is 25.9. The van der Waals surface area contributed by atoms with Gasteiger partial charge in [-0.1, -0.05) is 23.8 Å². The molecule has 1 aliphatic heterocycles. The summed E-state index contributed by atoms with van der Waals surface area (Å²) in [5, 5.41) is 0. The molecule has 0 unspecified atom stereocenters. The normalized spacial score (nSPS) is 14.4. The van der Waals surface area contributed by atoms with Crippen LogP contribution in [-0.4, -0.2) is 42.6 Å². The van der Waals surface area contributed by atoms with Gasteiger partial charge < -0.3 is 33.2 Å². The van der Waals surface area contributed by atoms with Crippen molar-refractivity contribution in [3.05, 3.63) is 58.7 Å². The lowest BCUT2D eigenvalue weighted by Crippen LogP contribution is -2.27. The third-order valence-electron chi connectivity index (χ3n) is 5.72. The zero-order valence-corrected chi connectivity index (χ0v) is 25.9. The smallest absolute Gasteiger partial charge is 0.484 e. The van der Waals surface area contributed by atoms with Gasteiger partial charge in [-0.05, 0) is 79.5 Å². The van der Waals surface area contributed by atoms with Crippen LogP contribution in [0.1, 0.15) is 89.4 Å². The van der Waals surface area contributed by atoms with E-state index in [9.17, 15) is 19.2 Å². The van der Waals surface area contributed by atoms with Crippen LogP contribution in [0.4, 0.5) is 14.4 Å². The van der Waals surface area contributed by atoms with Gasteiger partial charge in [0, 0.05) is 11.6 Å². The average molecular weight is 599 g/mol. The van der Waals surface area contributed by atoms with Gasteiger partial charge >= 0.3 is 18.5 Å². The molecular weight excluding hydrogens is 560 g/mol. The van der Waals surface area contributed by atoms with Gasteiger partial charge in [-0.2, -0.15) is 0 Å². The van der Waals surface area contributed by atoms with Crippen molar-refractivity contribution in [2.24, 2.45) is 0 Å². The number of carbonyl (C=O) groups excluding carboxylic acids is 4. The molecule has 0 saturated heterocycles. The number of allylic oxidation sites excluding steroid dienone is 2. The molecule has 0 bridgehead atoms. The molecule has 0 radical (unpaired) electrons. The standard InChI is InChI=1S/C32H38O11/c1-18(2)10-15-21-24(40-30(36)43-32(6,7)8)17-25(41-28(34)37-9)26-22(33)16-23(39-27(21)26)19-11-13-20(14-12-19)38-29(35)42-31(3,4)5/h10-14,17,23H,15-16H2,1-9H3/t23-/m1/s1. The second-order valence-electron chi connectivity index (χ2n) is 12.0. The van der Waals surface area contributed by atoms with E-state index in [1.54, 1.807) is 65.8 Å². The maximum Gasteiger partial charge on any atom is 0.514 e. The van der Waals surface area contributed by atoms with Crippen LogP contribution in [0, 0.1) is 0 Å². The highest BCUT2D eigenvalue weighted by Crippen LogP contribution is 2.47. The quantitative estimate of drug-likeness (QED) is 0.140. The number of hydrogen-bond acceptors (Lipinski definition) is 11. The lowest BCUT2D eigenvalue weighted by molar-refractivity contribution is 0.0191. The van der Waals surface area contributed by atoms with Gasteiger partial charge in [-0.3, -0.25) is 4.79 Å². The number of benzene rings is 2. The molecule has 0 spiro atoms. The Morgan fingerprint density at radius 2 is 1.42 bits per heavy atom. The van der Waals surface area contributed by atoms with Crippen LogP contribution in [0.15, 0.2) is 42.0 Å². The minimum atomic E-state index is -1.07. The molecule has 1 aliphatic rings. The van der Waals surface area contributed by atoms with Gasteiger partial charge in [-0.15, -0.1) is 0 Å². The van der Waals surface area contributed by atoms with Crippen molar-refractivity contribution in [1.29, 1.82) is 0 Å². The van der Waals surface area contributed by atoms with Crippen LogP contribution in [0.2, 0.25) is 0 Å². The highest BCUT2D eigenvalue weighted by atomic mass is 16.7. The van der Waals surface area contributed by atoms with Crippen molar-refractivity contribution in [1.82, 2.24) is 0 Å². The van der Waals surface area contributed by atoms with Crippen LogP contribution in [0.5, 0.6) is 23.0 Å². The molecule has 0 saturated carbocycles. The molecule has 0 fully saturated rings. The maximum absolute atomic E-state index is 13.6. The fourth-order valence-electron chi connectivity index (χ4n) is 3.97. The first kappa shape index (κ1) is 33.0. The maximum atomic E-state index is 13.6. The Hall–Kier alpha value is -4.54. The predicted molar refractivity (Wildman–Crippen MR) is 155 cm³/mol. The second kappa shape index (κ2) is 13.2. The van der Waals surface area contributed by atoms with Crippen LogP contribution >= 0.6 is 0 Å². The number of fused-ring (bicyclic) bond motifs is 1. The first-order valence-electron chi connectivity index (χ1n) is 13.7. The summed E-state index contributed by atoms with van der Waals surface area (Å²) >= 11 is 0. The van der Waals surface area contributed by atoms with E-state index in [4.69, 9.17) is 28.4 Å². The van der Waals surface area contributed by atoms with Crippen LogP contribution in [-0.2, 0) is 20.6 Å². The molecule has 0 N–H and O–H groups in total. The van der Waals surface area contributed by atoms with E-state index in [1.165, 1.54) is 6.07 Å². The highest BCUT2D eigenvalue weighted by Gasteiger charge is 2.36. The minimum Gasteiger partial charge on any atom is -0.484 e. The molecule has 0 amide bonds. The molecule has 43 heavy (non-hydrogen) atoms. The Kier molecular flexibility index (Phi) is 10.1. The van der Waals surface area contributed by atoms with E-state index in [2.05, 4.69) is 4.74 Å². The molecule has 0 aromatic heterocycles. The van der Waals surface area contributed by atoms with E-state index in [0.717, 1.165) is 12.7 Å². The van der Waals surface area contributed by atoms with Gasteiger partial charge in [0.25, 0.3) is 0 Å². The van der Waals surface area contributed by atoms with Gasteiger partial charge in [0.15, 0.2) is 11.5 Å². The number of rotatable bonds is 6. The molecule has 3 rings (SSSR count). The summed E-state index contributed by atoms with van der Waals surface area (Å²) in [6.45, 7) is 14.0. The SMILES string of the molecule is COC(=O)Oc1cc(OC(=O)OC(C)(C)C)c(CC=C(C)C)c2c1C(=O)C[C@H](c1ccc(OC(=O)OC(C)(C)C)cc1)O2. The van der Waals surface area contributed by atoms with E-state index >= 15 is 0 Å². The highest BCUT2D eigenvalue weighted by molar-refractivity contribution is 6.04. The topological polar surface area (TPSA) is 133 Å². The summed E-state index contributed by atoms with van der Waals surface area (Å²) < 4.78 is 37.6. The number of ketones is 1. The number of ether oxygens (including phenoxy) is 7. The Bertz CT molecular complexity index is 1400. The van der Waals surface area contributed by atoms with Crippen molar-refractivity contribution >= 4 is 24.2 Å². The van der Waals surface area contributed by atoms with Crippen molar-refractivity contribution < 1.29 is 52.3 Å². The van der Waals surface area contributed by atoms with Gasteiger partial charge in [-0.25, -0.2) is 14.4 Å². The Labute approximate surface area is 251 Å². The molecule has 2 aromatic rings. The largest absolute Gasteiger partial charge is 0.514 e. The number of carbonyl (C=O) groups is 4. The summed E-state index contributed by atoms with van der Waals surface area (Å²) in [4.78, 5) is 50.4. The summed E-state index contributed by atoms with van der Waals surface area (Å²) in [6, 6.07) is 7.70. The van der Waals surface area contributed by atoms with Gasteiger partial charge in [0.05, 0.1) is 13.5 Å². The van der Waals surface area contributed by atoms with E-state index < -0.39 is 35.8 Å². The monoisotopic (exact) mass is 598 g/mol. The molecule has 1 atom stereocenters. The van der Waals surface area contributed by atoms with E-state index in [1.807, 2.05) is 19.9 Å². The summed E-state index contributed by atoms with van der Waals surface area (Å²) in [7, 11) is 1.13. The number of Topliss-reactive ketones (excluding diaryl/α,β-unsaturated/α-hetero) is 1. The number of hydrogen-bond donors (Lipinski definition) is 0. The van der Waals surface area contributed by atoms with Crippen LogP contribution in [0.3, 0.4) is 0 Å². The van der Waals surface area contributed by atoms with Gasteiger partial charge in [0.1, 0.15) is 40.1 Å². The molecule has 2 aromatic carbocycles. The first-order chi connectivity index (χ1) is 20.0. The average Bonchev–Trinajstić information content (AvgIpc) is 2.85. The van der Waals surface area contributed by atoms with E-state index in [0.29, 0.717) is 11.1 Å². The van der Waals surface area contributed by atoms with Crippen molar-refractivity contribution in [3.63, 3.8) is 0 Å². The number of methoxy groups -OCH3 is 1. The lowest BCUT2D eigenvalue weighted by Gasteiger charge is -2.29. The fraction of sp³-hybridized carbons (Fsp3) is 0.438. The van der Waals surface area contributed by atoms with Gasteiger partial charge in [0.2, 0.25) is 0 Å². The zero-order chi connectivity index (χ0) is 32.1. The molecule has 1 heterocycles. The van der Waals surface area contributed by atoms with Crippen LogP contribution < -0.4 is 18.9 Å². The first-order valence-corrected chi connectivity index (χ1v) is 13.7. The third-order valence-corrected chi connectivity index (χ3v) is 5.72. The Balaban J connectivity index is 2.05. The Morgan fingerprint density at radius 1 is 0.860 bits per heavy atom. The molecular formula is C32H38O11. The third kappa shape index (κ3) is 9.49. The lowest BCUT2D eigenvalue weighted by atomic mass is 9.92. The molecule has 11 heteroatoms. The summed E-state index contributed by atoms with van der Waals surface area (Å²) in [5.74, 6) is -0.245. The van der Waals surface area contributed by atoms with Crippen molar-refractivity contribution in [2.45, 2.75) is 85.5 Å². The van der Waals surface area contributed by atoms with E-state index in [-0.39, 0.29) is 47.2 Å². The fourth-order valence-corrected chi connectivity index (χ4v) is 3.97. The molecule has 0 aliphatic carbocycles. The summed E-state index contributed by atoms with van der Waals surface area (Å²) in [6.07, 6.45) is -1.66. The minimum absolute atomic E-state index is 0.0141. The Morgan fingerprint density at radius 3 is 1.95 bits per heavy atom. The van der Waals surface area contributed by atoms with Crippen molar-refractivity contribution in [2.75, 3.05) is 7.11 Å². The predicted octanol–water partition coefficient (Wildman–Crippen LogP) is 7.67. The van der Waals surface area contributed by atoms with Crippen molar-refractivity contribution in [3.8, 4) is 23.0 Å². The molecule has 232 valence electrons. The molecule has 11 nitrogen and oxygen atoms in total.